The second-order valence-corrected chi connectivity index (χ2v) is 5.33. The van der Waals surface area contributed by atoms with Gasteiger partial charge in [-0.2, -0.15) is 0 Å². The van der Waals surface area contributed by atoms with E-state index < -0.39 is 6.03 Å². The van der Waals surface area contributed by atoms with Gasteiger partial charge in [0.1, 0.15) is 5.75 Å². The van der Waals surface area contributed by atoms with Crippen LogP contribution in [-0.2, 0) is 17.6 Å². The number of nitrogens with one attached hydrogen (secondary N) is 2. The first kappa shape index (κ1) is 14.9. The van der Waals surface area contributed by atoms with Crippen LogP contribution in [0.1, 0.15) is 11.1 Å². The molecule has 0 radical (unpaired) electrons. The maximum atomic E-state index is 12.1. The fraction of sp³-hybridized carbons (Fsp3) is 0.176. The second-order valence-electron chi connectivity index (χ2n) is 5.33. The van der Waals surface area contributed by atoms with E-state index in [1.54, 1.807) is 24.3 Å². The van der Waals surface area contributed by atoms with E-state index >= 15 is 0 Å². The van der Waals surface area contributed by atoms with Gasteiger partial charge in [0, 0.05) is 17.8 Å². The van der Waals surface area contributed by atoms with Crippen LogP contribution >= 0.6 is 0 Å². The molecule has 0 spiro atoms. The molecular formula is C17H17N3O3. The summed E-state index contributed by atoms with van der Waals surface area (Å²) in [5.74, 6) is 0.811. The van der Waals surface area contributed by atoms with Crippen molar-refractivity contribution in [3.8, 4) is 5.75 Å². The van der Waals surface area contributed by atoms with Crippen LogP contribution in [0.25, 0.3) is 0 Å². The molecule has 1 aliphatic rings. The Hall–Kier alpha value is -3.02. The molecule has 0 unspecified atom stereocenters. The van der Waals surface area contributed by atoms with Gasteiger partial charge in [-0.25, -0.2) is 4.79 Å². The van der Waals surface area contributed by atoms with E-state index in [-0.39, 0.29) is 5.91 Å². The first-order valence-electron chi connectivity index (χ1n) is 7.31. The van der Waals surface area contributed by atoms with Gasteiger partial charge in [0.15, 0.2) is 0 Å². The number of carbonyl (C=O) groups excluding carboxylic acids is 2. The number of hydrogen-bond acceptors (Lipinski definition) is 3. The van der Waals surface area contributed by atoms with E-state index in [9.17, 15) is 9.59 Å². The maximum Gasteiger partial charge on any atom is 0.316 e. The molecule has 0 aromatic heterocycles. The van der Waals surface area contributed by atoms with Crippen LogP contribution in [0.2, 0.25) is 0 Å². The average molecular weight is 311 g/mol. The Morgan fingerprint density at radius 1 is 1.04 bits per heavy atom. The molecule has 1 heterocycles. The summed E-state index contributed by atoms with van der Waals surface area (Å²) in [6, 6.07) is 12.0. The third-order valence-electron chi connectivity index (χ3n) is 3.55. The molecule has 0 saturated heterocycles. The lowest BCUT2D eigenvalue weighted by Crippen LogP contribution is -2.19. The predicted molar refractivity (Wildman–Crippen MR) is 87.6 cm³/mol. The highest BCUT2D eigenvalue weighted by atomic mass is 16.5. The molecule has 3 rings (SSSR count). The van der Waals surface area contributed by atoms with E-state index in [1.807, 2.05) is 18.2 Å². The number of benzene rings is 2. The Kier molecular flexibility index (Phi) is 4.14. The van der Waals surface area contributed by atoms with Gasteiger partial charge >= 0.3 is 6.03 Å². The van der Waals surface area contributed by atoms with Gasteiger partial charge in [0.25, 0.3) is 0 Å². The highest BCUT2D eigenvalue weighted by molar-refractivity contribution is 5.93. The molecule has 6 nitrogen and oxygen atoms in total. The average Bonchev–Trinajstić information content (AvgIpc) is 2.96. The topological polar surface area (TPSA) is 93.5 Å². The quantitative estimate of drug-likeness (QED) is 0.808. The van der Waals surface area contributed by atoms with Crippen molar-refractivity contribution < 1.29 is 14.3 Å². The molecule has 0 saturated carbocycles. The lowest BCUT2D eigenvalue weighted by Gasteiger charge is -2.08. The van der Waals surface area contributed by atoms with Gasteiger partial charge in [-0.15, -0.1) is 0 Å². The summed E-state index contributed by atoms with van der Waals surface area (Å²) >= 11 is 0. The molecule has 4 N–H and O–H groups in total. The van der Waals surface area contributed by atoms with Crippen LogP contribution in [0.5, 0.6) is 5.75 Å². The predicted octanol–water partition coefficient (Wildman–Crippen LogP) is 2.29. The van der Waals surface area contributed by atoms with Gasteiger partial charge < -0.3 is 21.1 Å². The summed E-state index contributed by atoms with van der Waals surface area (Å²) < 4.78 is 5.45. The number of nitrogens with two attached hydrogens (primary N) is 1. The number of carbonyl (C=O) groups is 2. The van der Waals surface area contributed by atoms with Crippen LogP contribution < -0.4 is 21.1 Å². The number of anilines is 2. The van der Waals surface area contributed by atoms with E-state index in [0.29, 0.717) is 24.4 Å². The fourth-order valence-electron chi connectivity index (χ4n) is 2.52. The van der Waals surface area contributed by atoms with E-state index in [2.05, 4.69) is 10.6 Å². The molecule has 0 aliphatic carbocycles. The standard InChI is InChI=1S/C17H17N3O3/c18-17(22)20-14-4-2-13(3-5-14)19-16(21)10-11-1-6-15-12(9-11)7-8-23-15/h1-6,9H,7-8,10H2,(H,19,21)(H3,18,20,22). The Bertz CT molecular complexity index is 741. The Balaban J connectivity index is 1.59. The summed E-state index contributed by atoms with van der Waals surface area (Å²) in [4.78, 5) is 22.9. The third kappa shape index (κ3) is 3.79. The summed E-state index contributed by atoms with van der Waals surface area (Å²) in [6.45, 7) is 0.705. The first-order chi connectivity index (χ1) is 11.1. The normalized spacial score (nSPS) is 12.2. The van der Waals surface area contributed by atoms with Crippen molar-refractivity contribution in [2.75, 3.05) is 17.2 Å². The SMILES string of the molecule is NC(=O)Nc1ccc(NC(=O)Cc2ccc3c(c2)CCO3)cc1. The van der Waals surface area contributed by atoms with Crippen LogP contribution in [0.4, 0.5) is 16.2 Å². The first-order valence-corrected chi connectivity index (χ1v) is 7.31. The van der Waals surface area contributed by atoms with E-state index in [0.717, 1.165) is 23.3 Å². The molecule has 23 heavy (non-hydrogen) atoms. The van der Waals surface area contributed by atoms with Crippen molar-refractivity contribution in [2.24, 2.45) is 5.73 Å². The molecule has 6 heteroatoms. The number of ether oxygens (including phenoxy) is 1. The molecule has 0 bridgehead atoms. The zero-order chi connectivity index (χ0) is 16.2. The summed E-state index contributed by atoms with van der Waals surface area (Å²) in [7, 11) is 0. The molecule has 3 amide bonds. The number of hydrogen-bond donors (Lipinski definition) is 3. The summed E-state index contributed by atoms with van der Waals surface area (Å²) in [5, 5.41) is 5.29. The lowest BCUT2D eigenvalue weighted by atomic mass is 10.1. The number of amides is 3. The van der Waals surface area contributed by atoms with Gasteiger partial charge in [0.05, 0.1) is 13.0 Å². The van der Waals surface area contributed by atoms with Crippen molar-refractivity contribution in [3.63, 3.8) is 0 Å². The lowest BCUT2D eigenvalue weighted by molar-refractivity contribution is -0.115. The molecule has 1 aliphatic heterocycles. The van der Waals surface area contributed by atoms with Gasteiger partial charge in [-0.05, 0) is 41.5 Å². The minimum absolute atomic E-state index is 0.0977. The number of urea groups is 1. The van der Waals surface area contributed by atoms with Crippen LogP contribution in [0.15, 0.2) is 42.5 Å². The van der Waals surface area contributed by atoms with Crippen LogP contribution in [0.3, 0.4) is 0 Å². The summed E-state index contributed by atoms with van der Waals surface area (Å²) in [6.07, 6.45) is 1.19. The number of fused-ring (bicyclic) bond motifs is 1. The molecule has 2 aromatic rings. The molecular weight excluding hydrogens is 294 g/mol. The minimum Gasteiger partial charge on any atom is -0.493 e. The largest absolute Gasteiger partial charge is 0.493 e. The fourth-order valence-corrected chi connectivity index (χ4v) is 2.52. The van der Waals surface area contributed by atoms with Crippen LogP contribution in [-0.4, -0.2) is 18.5 Å². The second kappa shape index (κ2) is 6.39. The third-order valence-corrected chi connectivity index (χ3v) is 3.55. The van der Waals surface area contributed by atoms with Crippen LogP contribution in [0, 0.1) is 0 Å². The van der Waals surface area contributed by atoms with Gasteiger partial charge in [-0.1, -0.05) is 12.1 Å². The molecule has 0 atom stereocenters. The van der Waals surface area contributed by atoms with Crippen molar-refractivity contribution in [2.45, 2.75) is 12.8 Å². The Morgan fingerprint density at radius 2 is 1.74 bits per heavy atom. The minimum atomic E-state index is -0.623. The smallest absolute Gasteiger partial charge is 0.316 e. The van der Waals surface area contributed by atoms with Gasteiger partial charge in [0.2, 0.25) is 5.91 Å². The zero-order valence-electron chi connectivity index (χ0n) is 12.5. The Labute approximate surface area is 133 Å². The number of rotatable bonds is 4. The van der Waals surface area contributed by atoms with Gasteiger partial charge in [-0.3, -0.25) is 4.79 Å². The summed E-state index contributed by atoms with van der Waals surface area (Å²) in [5.41, 5.74) is 8.39. The molecule has 118 valence electrons. The highest BCUT2D eigenvalue weighted by Crippen LogP contribution is 2.26. The molecule has 2 aromatic carbocycles. The van der Waals surface area contributed by atoms with Crippen molar-refractivity contribution in [3.05, 3.63) is 53.6 Å². The zero-order valence-corrected chi connectivity index (χ0v) is 12.5. The van der Waals surface area contributed by atoms with Crippen molar-refractivity contribution in [1.82, 2.24) is 0 Å². The monoisotopic (exact) mass is 311 g/mol. The maximum absolute atomic E-state index is 12.1. The molecule has 0 fully saturated rings. The van der Waals surface area contributed by atoms with Crippen molar-refractivity contribution >= 4 is 23.3 Å². The number of primary amides is 1. The highest BCUT2D eigenvalue weighted by Gasteiger charge is 2.13. The van der Waals surface area contributed by atoms with Crippen molar-refractivity contribution in [1.29, 1.82) is 0 Å². The van der Waals surface area contributed by atoms with E-state index in [1.165, 1.54) is 0 Å². The van der Waals surface area contributed by atoms with E-state index in [4.69, 9.17) is 10.5 Å². The Morgan fingerprint density at radius 3 is 2.43 bits per heavy atom.